The van der Waals surface area contributed by atoms with Gasteiger partial charge in [0.2, 0.25) is 0 Å². The molecule has 1 aromatic carbocycles. The third kappa shape index (κ3) is 3.88. The molecule has 0 aliphatic carbocycles. The predicted octanol–water partition coefficient (Wildman–Crippen LogP) is 3.55. The Kier molecular flexibility index (Phi) is 5.93. The summed E-state index contributed by atoms with van der Waals surface area (Å²) in [5.74, 6) is 1.90. The maximum Gasteiger partial charge on any atom is 0.119 e. The highest BCUT2D eigenvalue weighted by atomic mass is 16.5. The van der Waals surface area contributed by atoms with Crippen LogP contribution in [0.4, 0.5) is 0 Å². The van der Waals surface area contributed by atoms with Gasteiger partial charge in [-0.05, 0) is 50.0 Å². The monoisotopic (exact) mass is 247 g/mol. The minimum atomic E-state index is 0.470. The lowest BCUT2D eigenvalue weighted by atomic mass is 9.83. The second kappa shape index (κ2) is 7.22. The molecule has 0 saturated carbocycles. The van der Waals surface area contributed by atoms with Crippen molar-refractivity contribution in [2.75, 3.05) is 27.7 Å². The van der Waals surface area contributed by atoms with E-state index in [2.05, 4.69) is 56.8 Å². The van der Waals surface area contributed by atoms with Gasteiger partial charge in [-0.2, -0.15) is 0 Å². The number of hydrogen-bond acceptors (Lipinski definition) is 2. The highest BCUT2D eigenvalue weighted by Crippen LogP contribution is 2.31. The molecule has 0 radical (unpaired) electrons. The summed E-state index contributed by atoms with van der Waals surface area (Å²) in [5.41, 5.74) is 1.34. The Morgan fingerprint density at radius 1 is 1.39 bits per heavy atom. The van der Waals surface area contributed by atoms with E-state index in [1.165, 1.54) is 5.56 Å². The summed E-state index contributed by atoms with van der Waals surface area (Å²) in [7, 11) is 5.93. The Labute approximate surface area is 111 Å². The van der Waals surface area contributed by atoms with Crippen LogP contribution in [0.25, 0.3) is 0 Å². The average Bonchev–Trinajstić information content (AvgIpc) is 2.38. The molecule has 0 aliphatic heterocycles. The minimum Gasteiger partial charge on any atom is -0.497 e. The molecule has 0 aromatic heterocycles. The number of hydrogen-bond donors (Lipinski definition) is 0. The van der Waals surface area contributed by atoms with Gasteiger partial charge in [0, 0.05) is 6.54 Å². The predicted molar refractivity (Wildman–Crippen MR) is 78.3 cm³/mol. The van der Waals surface area contributed by atoms with Crippen LogP contribution in [0, 0.1) is 5.92 Å². The van der Waals surface area contributed by atoms with E-state index in [-0.39, 0.29) is 0 Å². The Morgan fingerprint density at radius 3 is 2.61 bits per heavy atom. The van der Waals surface area contributed by atoms with Gasteiger partial charge in [0.15, 0.2) is 0 Å². The topological polar surface area (TPSA) is 12.5 Å². The standard InChI is InChI=1S/C16H25NO/c1-6-13(12-17(3)4)16(7-2)14-9-8-10-15(11-14)18-5/h6,8-11,13,16H,1,7,12H2,2-5H3/t13-,16+/m0/s1. The zero-order valence-electron chi connectivity index (χ0n) is 12.0. The lowest BCUT2D eigenvalue weighted by Crippen LogP contribution is -2.25. The van der Waals surface area contributed by atoms with Crippen LogP contribution in [0.3, 0.4) is 0 Å². The second-order valence-corrected chi connectivity index (χ2v) is 4.95. The van der Waals surface area contributed by atoms with E-state index in [1.54, 1.807) is 7.11 Å². The molecule has 0 aliphatic rings. The molecule has 2 heteroatoms. The number of rotatable bonds is 7. The Morgan fingerprint density at radius 2 is 2.11 bits per heavy atom. The third-order valence-corrected chi connectivity index (χ3v) is 3.36. The summed E-state index contributed by atoms with van der Waals surface area (Å²) >= 11 is 0. The van der Waals surface area contributed by atoms with Crippen molar-refractivity contribution < 1.29 is 4.74 Å². The highest BCUT2D eigenvalue weighted by Gasteiger charge is 2.20. The van der Waals surface area contributed by atoms with Gasteiger partial charge in [0.05, 0.1) is 7.11 Å². The van der Waals surface area contributed by atoms with Crippen molar-refractivity contribution in [1.29, 1.82) is 0 Å². The normalized spacial score (nSPS) is 14.3. The van der Waals surface area contributed by atoms with Crippen LogP contribution in [0.1, 0.15) is 24.8 Å². The van der Waals surface area contributed by atoms with Crippen LogP contribution in [0.5, 0.6) is 5.75 Å². The molecule has 18 heavy (non-hydrogen) atoms. The van der Waals surface area contributed by atoms with Crippen molar-refractivity contribution in [3.63, 3.8) is 0 Å². The number of ether oxygens (including phenoxy) is 1. The number of methoxy groups -OCH3 is 1. The summed E-state index contributed by atoms with van der Waals surface area (Å²) in [6.45, 7) is 7.25. The fourth-order valence-electron chi connectivity index (χ4n) is 2.45. The van der Waals surface area contributed by atoms with Gasteiger partial charge in [-0.15, -0.1) is 6.58 Å². The van der Waals surface area contributed by atoms with Gasteiger partial charge in [-0.1, -0.05) is 25.1 Å². The molecule has 100 valence electrons. The minimum absolute atomic E-state index is 0.470. The first-order valence-electron chi connectivity index (χ1n) is 6.53. The largest absolute Gasteiger partial charge is 0.497 e. The first-order chi connectivity index (χ1) is 8.62. The van der Waals surface area contributed by atoms with E-state index in [9.17, 15) is 0 Å². The molecule has 0 unspecified atom stereocenters. The van der Waals surface area contributed by atoms with Gasteiger partial charge in [0.25, 0.3) is 0 Å². The first kappa shape index (κ1) is 14.8. The molecule has 0 spiro atoms. The number of nitrogens with zero attached hydrogens (tertiary/aromatic N) is 1. The average molecular weight is 247 g/mol. The SMILES string of the molecule is C=C[C@@H](CN(C)C)[C@@H](CC)c1cccc(OC)c1. The zero-order chi connectivity index (χ0) is 13.5. The van der Waals surface area contributed by atoms with Crippen molar-refractivity contribution in [3.8, 4) is 5.75 Å². The zero-order valence-corrected chi connectivity index (χ0v) is 12.0. The Balaban J connectivity index is 2.95. The maximum atomic E-state index is 5.31. The van der Waals surface area contributed by atoms with Crippen LogP contribution < -0.4 is 4.74 Å². The van der Waals surface area contributed by atoms with Crippen LogP contribution in [0.2, 0.25) is 0 Å². The summed E-state index contributed by atoms with van der Waals surface area (Å²) in [4.78, 5) is 2.22. The molecule has 2 atom stereocenters. The van der Waals surface area contributed by atoms with Gasteiger partial charge in [-0.25, -0.2) is 0 Å². The molecular weight excluding hydrogens is 222 g/mol. The van der Waals surface area contributed by atoms with E-state index >= 15 is 0 Å². The smallest absolute Gasteiger partial charge is 0.119 e. The van der Waals surface area contributed by atoms with Crippen molar-refractivity contribution >= 4 is 0 Å². The van der Waals surface area contributed by atoms with Crippen LogP contribution in [-0.4, -0.2) is 32.6 Å². The van der Waals surface area contributed by atoms with E-state index < -0.39 is 0 Å². The molecule has 0 saturated heterocycles. The van der Waals surface area contributed by atoms with Crippen LogP contribution >= 0.6 is 0 Å². The highest BCUT2D eigenvalue weighted by molar-refractivity contribution is 5.31. The third-order valence-electron chi connectivity index (χ3n) is 3.36. The quantitative estimate of drug-likeness (QED) is 0.683. The maximum absolute atomic E-state index is 5.31. The first-order valence-corrected chi connectivity index (χ1v) is 6.53. The van der Waals surface area contributed by atoms with Crippen LogP contribution in [-0.2, 0) is 0 Å². The molecule has 0 heterocycles. The van der Waals surface area contributed by atoms with Crippen LogP contribution in [0.15, 0.2) is 36.9 Å². The molecular formula is C16H25NO. The molecule has 1 aromatic rings. The van der Waals surface area contributed by atoms with E-state index in [0.29, 0.717) is 11.8 Å². The number of benzene rings is 1. The van der Waals surface area contributed by atoms with Crippen molar-refractivity contribution in [2.45, 2.75) is 19.3 Å². The van der Waals surface area contributed by atoms with Crippen molar-refractivity contribution in [2.24, 2.45) is 5.92 Å². The molecule has 0 bridgehead atoms. The fourth-order valence-corrected chi connectivity index (χ4v) is 2.45. The Bertz CT molecular complexity index is 373. The van der Waals surface area contributed by atoms with Gasteiger partial charge in [0.1, 0.15) is 5.75 Å². The van der Waals surface area contributed by atoms with Crippen molar-refractivity contribution in [3.05, 3.63) is 42.5 Å². The van der Waals surface area contributed by atoms with Gasteiger partial charge >= 0.3 is 0 Å². The van der Waals surface area contributed by atoms with E-state index in [0.717, 1.165) is 18.7 Å². The van der Waals surface area contributed by atoms with E-state index in [1.807, 2.05) is 6.07 Å². The lowest BCUT2D eigenvalue weighted by Gasteiger charge is -2.27. The summed E-state index contributed by atoms with van der Waals surface area (Å²) in [6, 6.07) is 8.38. The molecule has 0 N–H and O–H groups in total. The molecule has 0 fully saturated rings. The fraction of sp³-hybridized carbons (Fsp3) is 0.500. The van der Waals surface area contributed by atoms with E-state index in [4.69, 9.17) is 4.74 Å². The van der Waals surface area contributed by atoms with Crippen molar-refractivity contribution in [1.82, 2.24) is 4.90 Å². The molecule has 0 amide bonds. The summed E-state index contributed by atoms with van der Waals surface area (Å²) in [5, 5.41) is 0. The van der Waals surface area contributed by atoms with Gasteiger partial charge < -0.3 is 9.64 Å². The second-order valence-electron chi connectivity index (χ2n) is 4.95. The summed E-state index contributed by atoms with van der Waals surface area (Å²) in [6.07, 6.45) is 3.19. The Hall–Kier alpha value is -1.28. The molecule has 2 nitrogen and oxygen atoms in total. The van der Waals surface area contributed by atoms with Gasteiger partial charge in [-0.3, -0.25) is 0 Å². The molecule has 1 rings (SSSR count). The summed E-state index contributed by atoms with van der Waals surface area (Å²) < 4.78 is 5.31. The lowest BCUT2D eigenvalue weighted by molar-refractivity contribution is 0.324.